The molecule has 0 radical (unpaired) electrons. The average molecular weight is 322 g/mol. The number of para-hydroxylation sites is 1. The molecule has 6 heteroatoms. The van der Waals surface area contributed by atoms with Gasteiger partial charge in [-0.15, -0.1) is 0 Å². The van der Waals surface area contributed by atoms with Gasteiger partial charge in [-0.1, -0.05) is 18.2 Å². The molecule has 1 aromatic heterocycles. The van der Waals surface area contributed by atoms with Crippen molar-refractivity contribution in [2.45, 2.75) is 0 Å². The maximum atomic E-state index is 13.0. The van der Waals surface area contributed by atoms with E-state index in [1.165, 1.54) is 0 Å². The molecule has 0 bridgehead atoms. The number of rotatable bonds is 3. The summed E-state index contributed by atoms with van der Waals surface area (Å²) in [6.45, 7) is 3.65. The summed E-state index contributed by atoms with van der Waals surface area (Å²) < 4.78 is 5.38. The molecule has 3 heterocycles. The maximum Gasteiger partial charge on any atom is 0.278 e. The highest BCUT2D eigenvalue weighted by atomic mass is 16.5. The Bertz CT molecular complexity index is 770. The highest BCUT2D eigenvalue weighted by molar-refractivity contribution is 6.54. The third-order valence-electron chi connectivity index (χ3n) is 4.23. The van der Waals surface area contributed by atoms with Crippen molar-refractivity contribution < 1.29 is 9.53 Å². The molecule has 122 valence electrons. The van der Waals surface area contributed by atoms with Crippen LogP contribution in [0.15, 0.2) is 53.8 Å². The highest BCUT2D eigenvalue weighted by Gasteiger charge is 2.34. The first kappa shape index (κ1) is 15.0. The van der Waals surface area contributed by atoms with E-state index in [0.29, 0.717) is 31.3 Å². The molecule has 6 nitrogen and oxygen atoms in total. The molecule has 0 atom stereocenters. The number of pyridine rings is 1. The van der Waals surface area contributed by atoms with Gasteiger partial charge in [0.1, 0.15) is 5.71 Å². The molecule has 0 unspecified atom stereocenters. The Labute approximate surface area is 140 Å². The number of carbonyl (C=O) groups excluding carboxylic acids is 1. The smallest absolute Gasteiger partial charge is 0.278 e. The van der Waals surface area contributed by atoms with Gasteiger partial charge in [0.15, 0.2) is 0 Å². The lowest BCUT2D eigenvalue weighted by molar-refractivity contribution is -0.112. The lowest BCUT2D eigenvalue weighted by Gasteiger charge is -2.30. The van der Waals surface area contributed by atoms with Crippen molar-refractivity contribution in [2.24, 2.45) is 4.99 Å². The predicted molar refractivity (Wildman–Crippen MR) is 91.6 cm³/mol. The zero-order chi connectivity index (χ0) is 16.4. The van der Waals surface area contributed by atoms with Gasteiger partial charge in [0.05, 0.1) is 37.5 Å². The lowest BCUT2D eigenvalue weighted by Crippen LogP contribution is -2.45. The van der Waals surface area contributed by atoms with Crippen LogP contribution >= 0.6 is 0 Å². The molecule has 2 aliphatic rings. The zero-order valence-corrected chi connectivity index (χ0v) is 13.3. The van der Waals surface area contributed by atoms with Crippen molar-refractivity contribution in [3.63, 3.8) is 0 Å². The van der Waals surface area contributed by atoms with Crippen LogP contribution in [0.1, 0.15) is 5.56 Å². The van der Waals surface area contributed by atoms with Crippen molar-refractivity contribution in [1.82, 2.24) is 9.88 Å². The van der Waals surface area contributed by atoms with E-state index in [4.69, 9.17) is 4.74 Å². The van der Waals surface area contributed by atoms with E-state index in [0.717, 1.165) is 24.3 Å². The summed E-state index contributed by atoms with van der Waals surface area (Å²) >= 11 is 0. The number of morpholine rings is 1. The molecule has 2 aliphatic heterocycles. The van der Waals surface area contributed by atoms with Crippen LogP contribution in [-0.2, 0) is 9.53 Å². The van der Waals surface area contributed by atoms with Gasteiger partial charge in [0.2, 0.25) is 0 Å². The molecule has 24 heavy (non-hydrogen) atoms. The predicted octanol–water partition coefficient (Wildman–Crippen LogP) is 1.84. The number of aromatic nitrogens is 1. The number of fused-ring (bicyclic) bond motifs is 1. The topological polar surface area (TPSA) is 58.0 Å². The van der Waals surface area contributed by atoms with Crippen LogP contribution in [0.4, 0.5) is 11.4 Å². The average Bonchev–Trinajstić information content (AvgIpc) is 2.90. The summed E-state index contributed by atoms with van der Waals surface area (Å²) in [4.78, 5) is 25.6. The monoisotopic (exact) mass is 322 g/mol. The highest BCUT2D eigenvalue weighted by Crippen LogP contribution is 2.30. The van der Waals surface area contributed by atoms with E-state index in [1.54, 1.807) is 17.3 Å². The summed E-state index contributed by atoms with van der Waals surface area (Å²) in [5, 5.41) is 0. The van der Waals surface area contributed by atoms with Crippen LogP contribution in [0.2, 0.25) is 0 Å². The number of benzene rings is 1. The number of hydrogen-bond acceptors (Lipinski definition) is 5. The standard InChI is InChI=1S/C18H18N4O2/c23-18-17(20-14-4-3-7-19-12-14)15-5-1-2-6-16(15)22(18)13-21-8-10-24-11-9-21/h1-7,12H,8-11,13H2. The number of anilines is 1. The molecule has 1 saturated heterocycles. The Morgan fingerprint density at radius 2 is 1.96 bits per heavy atom. The van der Waals surface area contributed by atoms with Crippen LogP contribution in [0.25, 0.3) is 0 Å². The van der Waals surface area contributed by atoms with E-state index in [1.807, 2.05) is 36.4 Å². The van der Waals surface area contributed by atoms with Crippen LogP contribution in [0.3, 0.4) is 0 Å². The minimum atomic E-state index is -0.0634. The lowest BCUT2D eigenvalue weighted by atomic mass is 10.1. The molecule has 1 amide bonds. The van der Waals surface area contributed by atoms with Crippen LogP contribution in [0.5, 0.6) is 0 Å². The molecule has 2 aromatic rings. The molecule has 0 N–H and O–H groups in total. The zero-order valence-electron chi connectivity index (χ0n) is 13.3. The molecule has 0 aliphatic carbocycles. The fourth-order valence-corrected chi connectivity index (χ4v) is 3.00. The molecule has 0 spiro atoms. The fourth-order valence-electron chi connectivity index (χ4n) is 3.00. The van der Waals surface area contributed by atoms with Crippen LogP contribution < -0.4 is 4.90 Å². The fraction of sp³-hybridized carbons (Fsp3) is 0.278. The van der Waals surface area contributed by atoms with E-state index < -0.39 is 0 Å². The second-order valence-electron chi connectivity index (χ2n) is 5.79. The number of amides is 1. The minimum absolute atomic E-state index is 0.0634. The van der Waals surface area contributed by atoms with Crippen molar-refractivity contribution in [2.75, 3.05) is 37.9 Å². The van der Waals surface area contributed by atoms with Crippen molar-refractivity contribution in [1.29, 1.82) is 0 Å². The third-order valence-corrected chi connectivity index (χ3v) is 4.23. The summed E-state index contributed by atoms with van der Waals surface area (Å²) in [5.74, 6) is -0.0634. The van der Waals surface area contributed by atoms with Gasteiger partial charge in [-0.3, -0.25) is 19.6 Å². The summed E-state index contributed by atoms with van der Waals surface area (Å²) in [7, 11) is 0. The molecular formula is C18H18N4O2. The summed E-state index contributed by atoms with van der Waals surface area (Å²) in [6.07, 6.45) is 3.35. The van der Waals surface area contributed by atoms with E-state index >= 15 is 0 Å². The first-order valence-electron chi connectivity index (χ1n) is 8.03. The second-order valence-corrected chi connectivity index (χ2v) is 5.79. The van der Waals surface area contributed by atoms with E-state index in [2.05, 4.69) is 14.9 Å². The molecule has 4 rings (SSSR count). The maximum absolute atomic E-state index is 13.0. The van der Waals surface area contributed by atoms with Crippen molar-refractivity contribution >= 4 is 23.0 Å². The second kappa shape index (κ2) is 6.51. The number of carbonyl (C=O) groups is 1. The van der Waals surface area contributed by atoms with Gasteiger partial charge in [-0.2, -0.15) is 0 Å². The number of hydrogen-bond donors (Lipinski definition) is 0. The van der Waals surface area contributed by atoms with Gasteiger partial charge >= 0.3 is 0 Å². The summed E-state index contributed by atoms with van der Waals surface area (Å²) in [6, 6.07) is 11.5. The minimum Gasteiger partial charge on any atom is -0.379 e. The molecular weight excluding hydrogens is 304 g/mol. The number of ether oxygens (including phenoxy) is 1. The van der Waals surface area contributed by atoms with Gasteiger partial charge < -0.3 is 4.74 Å². The Balaban J connectivity index is 1.67. The third kappa shape index (κ3) is 2.81. The van der Waals surface area contributed by atoms with Crippen LogP contribution in [0, 0.1) is 0 Å². The van der Waals surface area contributed by atoms with Crippen molar-refractivity contribution in [3.8, 4) is 0 Å². The molecule has 1 aromatic carbocycles. The first-order valence-corrected chi connectivity index (χ1v) is 8.03. The SMILES string of the molecule is O=C1C(=Nc2cccnc2)c2ccccc2N1CN1CCOCC1. The molecule has 0 saturated carbocycles. The van der Waals surface area contributed by atoms with Gasteiger partial charge in [0, 0.05) is 24.8 Å². The first-order chi connectivity index (χ1) is 11.8. The number of nitrogens with zero attached hydrogens (tertiary/aromatic N) is 4. The van der Waals surface area contributed by atoms with E-state index in [9.17, 15) is 4.79 Å². The summed E-state index contributed by atoms with van der Waals surface area (Å²) in [5.41, 5.74) is 2.95. The molecule has 1 fully saturated rings. The van der Waals surface area contributed by atoms with Crippen LogP contribution in [-0.4, -0.2) is 54.5 Å². The quantitative estimate of drug-likeness (QED) is 0.865. The normalized spacial score (nSPS) is 19.8. The number of aliphatic imine (C=N–C) groups is 1. The Morgan fingerprint density at radius 3 is 2.75 bits per heavy atom. The largest absolute Gasteiger partial charge is 0.379 e. The van der Waals surface area contributed by atoms with Gasteiger partial charge in [-0.05, 0) is 18.2 Å². The Hall–Kier alpha value is -2.57. The van der Waals surface area contributed by atoms with Gasteiger partial charge in [-0.25, -0.2) is 4.99 Å². The van der Waals surface area contributed by atoms with Gasteiger partial charge in [0.25, 0.3) is 5.91 Å². The Kier molecular flexibility index (Phi) is 4.06. The Morgan fingerprint density at radius 1 is 1.12 bits per heavy atom. The van der Waals surface area contributed by atoms with Crippen molar-refractivity contribution in [3.05, 3.63) is 54.4 Å². The van der Waals surface area contributed by atoms with E-state index in [-0.39, 0.29) is 5.91 Å².